The summed E-state index contributed by atoms with van der Waals surface area (Å²) < 4.78 is 5.25. The maximum atomic E-state index is 12.0. The van der Waals surface area contributed by atoms with Crippen LogP contribution in [0.3, 0.4) is 0 Å². The first-order valence-electron chi connectivity index (χ1n) is 8.00. The van der Waals surface area contributed by atoms with Gasteiger partial charge in [-0.1, -0.05) is 42.5 Å². The molecule has 0 aliphatic carbocycles. The summed E-state index contributed by atoms with van der Waals surface area (Å²) in [6.07, 6.45) is 0.124. The first-order chi connectivity index (χ1) is 12.4. The van der Waals surface area contributed by atoms with Crippen LogP contribution >= 0.6 is 0 Å². The number of hydrogen-bond acceptors (Lipinski definition) is 4. The molecule has 0 aliphatic heterocycles. The fourth-order valence-corrected chi connectivity index (χ4v) is 2.25. The van der Waals surface area contributed by atoms with Crippen molar-refractivity contribution in [2.45, 2.75) is 20.0 Å². The van der Waals surface area contributed by atoms with Crippen molar-refractivity contribution < 1.29 is 24.2 Å². The van der Waals surface area contributed by atoms with Crippen molar-refractivity contribution in [1.82, 2.24) is 5.32 Å². The number of carboxylic acid groups (broad SMARTS) is 1. The average Bonchev–Trinajstić information content (AvgIpc) is 2.61. The number of amides is 2. The summed E-state index contributed by atoms with van der Waals surface area (Å²) in [5.41, 5.74) is 2.97. The molecule has 0 aliphatic rings. The second kappa shape index (κ2) is 9.22. The van der Waals surface area contributed by atoms with Crippen molar-refractivity contribution in [2.24, 2.45) is 0 Å². The fourth-order valence-electron chi connectivity index (χ4n) is 2.25. The van der Waals surface area contributed by atoms with Gasteiger partial charge >= 0.3 is 18.0 Å². The number of esters is 1. The maximum absolute atomic E-state index is 12.0. The van der Waals surface area contributed by atoms with Crippen LogP contribution in [0.15, 0.2) is 48.5 Å². The van der Waals surface area contributed by atoms with Crippen LogP contribution in [0.4, 0.5) is 10.5 Å². The van der Waals surface area contributed by atoms with E-state index >= 15 is 0 Å². The highest BCUT2D eigenvalue weighted by atomic mass is 16.5. The summed E-state index contributed by atoms with van der Waals surface area (Å²) in [5.74, 6) is -1.46. The molecule has 0 saturated heterocycles. The smallest absolute Gasteiger partial charge is 0.323 e. The molecule has 0 aromatic heterocycles. The number of rotatable bonds is 7. The van der Waals surface area contributed by atoms with E-state index in [1.807, 2.05) is 30.3 Å². The number of ether oxygens (including phenoxy) is 1. The van der Waals surface area contributed by atoms with Gasteiger partial charge in [0.05, 0.1) is 6.42 Å². The molecule has 2 rings (SSSR count). The minimum atomic E-state index is -1.12. The fraction of sp³-hybridized carbons (Fsp3) is 0.211. The van der Waals surface area contributed by atoms with Crippen molar-refractivity contribution in [1.29, 1.82) is 0 Å². The summed E-state index contributed by atoms with van der Waals surface area (Å²) in [6, 6.07) is 14.0. The van der Waals surface area contributed by atoms with Crippen molar-refractivity contribution in [2.75, 3.05) is 11.9 Å². The van der Waals surface area contributed by atoms with Gasteiger partial charge in [0, 0.05) is 5.69 Å². The Bertz CT molecular complexity index is 790. The Hall–Kier alpha value is -3.35. The number of urea groups is 1. The summed E-state index contributed by atoms with van der Waals surface area (Å²) in [4.78, 5) is 34.0. The summed E-state index contributed by atoms with van der Waals surface area (Å²) in [5, 5.41) is 13.3. The zero-order chi connectivity index (χ0) is 18.9. The third-order valence-electron chi connectivity index (χ3n) is 3.53. The number of carbonyl (C=O) groups is 3. The number of hydrogen-bond donors (Lipinski definition) is 3. The molecule has 0 spiro atoms. The molecule has 0 radical (unpaired) electrons. The number of aliphatic carboxylic acids is 1. The minimum Gasteiger partial charge on any atom is -0.480 e. The normalized spacial score (nSPS) is 10.0. The largest absolute Gasteiger partial charge is 0.480 e. The predicted octanol–water partition coefficient (Wildman–Crippen LogP) is 2.49. The van der Waals surface area contributed by atoms with Crippen LogP contribution in [0.5, 0.6) is 0 Å². The quantitative estimate of drug-likeness (QED) is 0.661. The van der Waals surface area contributed by atoms with Crippen molar-refractivity contribution >= 4 is 23.7 Å². The van der Waals surface area contributed by atoms with Gasteiger partial charge in [-0.25, -0.2) is 4.79 Å². The summed E-state index contributed by atoms with van der Waals surface area (Å²) in [6.45, 7) is 1.55. The van der Waals surface area contributed by atoms with E-state index in [1.54, 1.807) is 25.1 Å². The van der Waals surface area contributed by atoms with Gasteiger partial charge in [0.2, 0.25) is 0 Å². The lowest BCUT2D eigenvalue weighted by atomic mass is 10.1. The molecule has 2 aromatic rings. The average molecular weight is 356 g/mol. The summed E-state index contributed by atoms with van der Waals surface area (Å²) >= 11 is 0. The van der Waals surface area contributed by atoms with E-state index in [2.05, 4.69) is 10.6 Å². The van der Waals surface area contributed by atoms with Gasteiger partial charge in [-0.15, -0.1) is 0 Å². The molecule has 0 saturated carbocycles. The van der Waals surface area contributed by atoms with E-state index in [0.717, 1.165) is 16.7 Å². The van der Waals surface area contributed by atoms with Gasteiger partial charge < -0.3 is 20.5 Å². The number of carboxylic acids is 1. The molecular formula is C19H20N2O5. The Morgan fingerprint density at radius 1 is 1.04 bits per heavy atom. The van der Waals surface area contributed by atoms with E-state index in [4.69, 9.17) is 9.84 Å². The summed E-state index contributed by atoms with van der Waals surface area (Å²) in [7, 11) is 0. The Kier molecular flexibility index (Phi) is 6.73. The minimum absolute atomic E-state index is 0.124. The zero-order valence-corrected chi connectivity index (χ0v) is 14.3. The van der Waals surface area contributed by atoms with Gasteiger partial charge in [0.25, 0.3) is 0 Å². The van der Waals surface area contributed by atoms with Crippen molar-refractivity contribution in [3.05, 3.63) is 65.2 Å². The molecule has 136 valence electrons. The van der Waals surface area contributed by atoms with Gasteiger partial charge in [-0.2, -0.15) is 0 Å². The van der Waals surface area contributed by atoms with Gasteiger partial charge in [0.15, 0.2) is 0 Å². The second-order valence-electron chi connectivity index (χ2n) is 5.67. The van der Waals surface area contributed by atoms with Gasteiger partial charge in [-0.3, -0.25) is 9.59 Å². The van der Waals surface area contributed by atoms with Crippen LogP contribution in [0.25, 0.3) is 0 Å². The molecule has 26 heavy (non-hydrogen) atoms. The van der Waals surface area contributed by atoms with E-state index in [0.29, 0.717) is 5.69 Å². The number of benzene rings is 2. The molecule has 0 unspecified atom stereocenters. The van der Waals surface area contributed by atoms with E-state index in [1.165, 1.54) is 0 Å². The number of aryl methyl sites for hydroxylation is 1. The highest BCUT2D eigenvalue weighted by molar-refractivity contribution is 5.92. The molecule has 0 atom stereocenters. The zero-order valence-electron chi connectivity index (χ0n) is 14.3. The standard InChI is InChI=1S/C19H20N2O5/c1-13-9-15(7-8-16(13)21-19(25)20-11-17(22)23)10-18(24)26-12-14-5-3-2-4-6-14/h2-9H,10-12H2,1H3,(H,22,23)(H2,20,21,25). The Balaban J connectivity index is 1.87. The van der Waals surface area contributed by atoms with E-state index in [-0.39, 0.29) is 19.0 Å². The van der Waals surface area contributed by atoms with Crippen LogP contribution in [0.1, 0.15) is 16.7 Å². The lowest BCUT2D eigenvalue weighted by Gasteiger charge is -2.11. The highest BCUT2D eigenvalue weighted by Crippen LogP contribution is 2.17. The topological polar surface area (TPSA) is 105 Å². The Morgan fingerprint density at radius 2 is 1.77 bits per heavy atom. The first kappa shape index (κ1) is 19.0. The molecule has 7 heteroatoms. The number of nitrogens with one attached hydrogen (secondary N) is 2. The van der Waals surface area contributed by atoms with Gasteiger partial charge in [-0.05, 0) is 29.7 Å². The Labute approximate surface area is 151 Å². The molecule has 0 fully saturated rings. The second-order valence-corrected chi connectivity index (χ2v) is 5.67. The van der Waals surface area contributed by atoms with Crippen LogP contribution in [0, 0.1) is 6.92 Å². The lowest BCUT2D eigenvalue weighted by Crippen LogP contribution is -2.33. The first-order valence-corrected chi connectivity index (χ1v) is 8.00. The molecule has 2 aromatic carbocycles. The predicted molar refractivity (Wildman–Crippen MR) is 95.8 cm³/mol. The maximum Gasteiger partial charge on any atom is 0.323 e. The third-order valence-corrected chi connectivity index (χ3v) is 3.53. The van der Waals surface area contributed by atoms with Crippen LogP contribution in [-0.4, -0.2) is 29.6 Å². The molecule has 3 N–H and O–H groups in total. The van der Waals surface area contributed by atoms with Crippen LogP contribution in [-0.2, 0) is 27.4 Å². The molecule has 2 amide bonds. The van der Waals surface area contributed by atoms with E-state index < -0.39 is 18.5 Å². The van der Waals surface area contributed by atoms with Gasteiger partial charge in [0.1, 0.15) is 13.2 Å². The number of carbonyl (C=O) groups excluding carboxylic acids is 2. The SMILES string of the molecule is Cc1cc(CC(=O)OCc2ccccc2)ccc1NC(=O)NCC(=O)O. The molecule has 0 bridgehead atoms. The van der Waals surface area contributed by atoms with Crippen molar-refractivity contribution in [3.8, 4) is 0 Å². The molecular weight excluding hydrogens is 336 g/mol. The highest BCUT2D eigenvalue weighted by Gasteiger charge is 2.09. The van der Waals surface area contributed by atoms with Crippen LogP contribution < -0.4 is 10.6 Å². The van der Waals surface area contributed by atoms with Crippen molar-refractivity contribution in [3.63, 3.8) is 0 Å². The molecule has 0 heterocycles. The number of anilines is 1. The van der Waals surface area contributed by atoms with Crippen LogP contribution in [0.2, 0.25) is 0 Å². The van der Waals surface area contributed by atoms with E-state index in [9.17, 15) is 14.4 Å². The lowest BCUT2D eigenvalue weighted by molar-refractivity contribution is -0.144. The monoisotopic (exact) mass is 356 g/mol. The molecule has 7 nitrogen and oxygen atoms in total. The Morgan fingerprint density at radius 3 is 2.42 bits per heavy atom. The third kappa shape index (κ3) is 6.27.